The summed E-state index contributed by atoms with van der Waals surface area (Å²) in [5.74, 6) is 0.342. The number of amides is 1. The van der Waals surface area contributed by atoms with Gasteiger partial charge in [0.2, 0.25) is 0 Å². The van der Waals surface area contributed by atoms with Crippen LogP contribution in [0.4, 0.5) is 0 Å². The fourth-order valence-electron chi connectivity index (χ4n) is 2.88. The number of ether oxygens (including phenoxy) is 2. The minimum Gasteiger partial charge on any atom is -0.497 e. The van der Waals surface area contributed by atoms with Crippen molar-refractivity contribution < 1.29 is 22.7 Å². The Labute approximate surface area is 147 Å². The fourth-order valence-corrected chi connectivity index (χ4v) is 4.44. The number of carbonyl (C=O) groups is 1. The summed E-state index contributed by atoms with van der Waals surface area (Å²) in [6.45, 7) is 2.79. The molecule has 0 bridgehead atoms. The molecule has 0 aliphatic carbocycles. The van der Waals surface area contributed by atoms with Crippen LogP contribution in [0.3, 0.4) is 0 Å². The summed E-state index contributed by atoms with van der Waals surface area (Å²) < 4.78 is 38.5. The first-order chi connectivity index (χ1) is 12.0. The van der Waals surface area contributed by atoms with Crippen LogP contribution in [0.15, 0.2) is 18.3 Å². The average molecular weight is 370 g/mol. The highest BCUT2D eigenvalue weighted by atomic mass is 32.2. The molecule has 1 aromatic rings. The van der Waals surface area contributed by atoms with E-state index >= 15 is 0 Å². The van der Waals surface area contributed by atoms with Gasteiger partial charge in [0.25, 0.3) is 16.1 Å². The number of hydrogen-bond acceptors (Lipinski definition) is 6. The molecule has 1 amide bonds. The van der Waals surface area contributed by atoms with E-state index in [0.717, 1.165) is 0 Å². The van der Waals surface area contributed by atoms with Crippen LogP contribution >= 0.6 is 0 Å². The molecule has 3 rings (SSSR count). The van der Waals surface area contributed by atoms with E-state index in [0.29, 0.717) is 50.8 Å². The van der Waals surface area contributed by atoms with E-state index in [1.165, 1.54) is 21.9 Å². The second-order valence-electron chi connectivity index (χ2n) is 5.79. The van der Waals surface area contributed by atoms with Gasteiger partial charge in [-0.05, 0) is 6.07 Å². The molecular formula is C15H22N4O5S. The minimum atomic E-state index is -3.50. The van der Waals surface area contributed by atoms with Crippen LogP contribution in [0.25, 0.3) is 0 Å². The van der Waals surface area contributed by atoms with Crippen molar-refractivity contribution in [2.45, 2.75) is 0 Å². The van der Waals surface area contributed by atoms with Crippen molar-refractivity contribution in [2.75, 3.05) is 59.6 Å². The molecule has 0 saturated carbocycles. The van der Waals surface area contributed by atoms with Gasteiger partial charge in [-0.2, -0.15) is 17.0 Å². The summed E-state index contributed by atoms with van der Waals surface area (Å²) in [4.78, 5) is 18.2. The number of nitrogens with zero attached hydrogens (tertiary/aromatic N) is 4. The van der Waals surface area contributed by atoms with E-state index < -0.39 is 10.2 Å². The van der Waals surface area contributed by atoms with Crippen molar-refractivity contribution in [2.24, 2.45) is 0 Å². The molecule has 0 atom stereocenters. The van der Waals surface area contributed by atoms with Crippen molar-refractivity contribution in [3.8, 4) is 5.75 Å². The molecular weight excluding hydrogens is 348 g/mol. The molecule has 0 spiro atoms. The van der Waals surface area contributed by atoms with Gasteiger partial charge >= 0.3 is 0 Å². The number of carbonyl (C=O) groups excluding carboxylic acids is 1. The zero-order chi connectivity index (χ0) is 17.9. The number of piperazine rings is 1. The van der Waals surface area contributed by atoms with Crippen molar-refractivity contribution >= 4 is 16.1 Å². The van der Waals surface area contributed by atoms with E-state index in [4.69, 9.17) is 9.47 Å². The Bertz CT molecular complexity index is 712. The molecule has 1 aromatic heterocycles. The van der Waals surface area contributed by atoms with E-state index in [2.05, 4.69) is 4.98 Å². The van der Waals surface area contributed by atoms with Gasteiger partial charge in [-0.25, -0.2) is 0 Å². The molecule has 2 aliphatic rings. The molecule has 0 radical (unpaired) electrons. The third-order valence-corrected chi connectivity index (χ3v) is 6.37. The molecule has 9 nitrogen and oxygen atoms in total. The largest absolute Gasteiger partial charge is 0.497 e. The number of rotatable bonds is 4. The van der Waals surface area contributed by atoms with Crippen molar-refractivity contribution in [1.82, 2.24) is 18.5 Å². The fraction of sp³-hybridized carbons (Fsp3) is 0.600. The topological polar surface area (TPSA) is 92.3 Å². The molecule has 25 heavy (non-hydrogen) atoms. The van der Waals surface area contributed by atoms with Crippen molar-refractivity contribution in [3.63, 3.8) is 0 Å². The van der Waals surface area contributed by atoms with Crippen LogP contribution in [0.5, 0.6) is 5.75 Å². The van der Waals surface area contributed by atoms with Gasteiger partial charge in [0.15, 0.2) is 0 Å². The highest BCUT2D eigenvalue weighted by Gasteiger charge is 2.34. The van der Waals surface area contributed by atoms with E-state index in [9.17, 15) is 13.2 Å². The Morgan fingerprint density at radius 3 is 2.40 bits per heavy atom. The van der Waals surface area contributed by atoms with Crippen LogP contribution in [0, 0.1) is 0 Å². The minimum absolute atomic E-state index is 0.220. The third-order valence-electron chi connectivity index (χ3n) is 4.33. The third kappa shape index (κ3) is 3.92. The molecule has 2 aliphatic heterocycles. The molecule has 3 heterocycles. The lowest BCUT2D eigenvalue weighted by molar-refractivity contribution is 0.0633. The van der Waals surface area contributed by atoms with Gasteiger partial charge < -0.3 is 14.4 Å². The maximum atomic E-state index is 12.6. The number of aromatic nitrogens is 1. The molecule has 2 fully saturated rings. The van der Waals surface area contributed by atoms with E-state index in [1.54, 1.807) is 17.0 Å². The van der Waals surface area contributed by atoms with Crippen molar-refractivity contribution in [3.05, 3.63) is 24.0 Å². The molecule has 2 saturated heterocycles. The summed E-state index contributed by atoms with van der Waals surface area (Å²) in [6.07, 6.45) is 1.52. The first-order valence-electron chi connectivity index (χ1n) is 8.14. The lowest BCUT2D eigenvalue weighted by atomic mass is 10.2. The number of methoxy groups -OCH3 is 1. The SMILES string of the molecule is COc1ccnc(C(=O)N2CCN(S(=O)(=O)N3CCOCC3)CC2)c1. The summed E-state index contributed by atoms with van der Waals surface area (Å²) in [5.41, 5.74) is 0.295. The predicted molar refractivity (Wildman–Crippen MR) is 89.6 cm³/mol. The highest BCUT2D eigenvalue weighted by Crippen LogP contribution is 2.16. The van der Waals surface area contributed by atoms with Gasteiger partial charge in [-0.1, -0.05) is 0 Å². The highest BCUT2D eigenvalue weighted by molar-refractivity contribution is 7.86. The molecule has 10 heteroatoms. The zero-order valence-corrected chi connectivity index (χ0v) is 14.9. The van der Waals surface area contributed by atoms with Gasteiger partial charge in [0.1, 0.15) is 11.4 Å². The first kappa shape index (κ1) is 18.1. The van der Waals surface area contributed by atoms with Crippen LogP contribution in [-0.4, -0.2) is 92.4 Å². The number of pyridine rings is 1. The Hall–Kier alpha value is -1.75. The van der Waals surface area contributed by atoms with Crippen LogP contribution in [-0.2, 0) is 14.9 Å². The lowest BCUT2D eigenvalue weighted by Gasteiger charge is -2.37. The van der Waals surface area contributed by atoms with Gasteiger partial charge in [-0.3, -0.25) is 9.78 Å². The van der Waals surface area contributed by atoms with Gasteiger partial charge in [0, 0.05) is 51.5 Å². The lowest BCUT2D eigenvalue weighted by Crippen LogP contribution is -2.55. The quantitative estimate of drug-likeness (QED) is 0.705. The predicted octanol–water partition coefficient (Wildman–Crippen LogP) is -0.575. The molecule has 0 unspecified atom stereocenters. The maximum absolute atomic E-state index is 12.6. The van der Waals surface area contributed by atoms with Crippen LogP contribution < -0.4 is 4.74 Å². The average Bonchev–Trinajstić information content (AvgIpc) is 2.68. The smallest absolute Gasteiger partial charge is 0.282 e. The maximum Gasteiger partial charge on any atom is 0.282 e. The Morgan fingerprint density at radius 1 is 1.12 bits per heavy atom. The zero-order valence-electron chi connectivity index (χ0n) is 14.1. The summed E-state index contributed by atoms with van der Waals surface area (Å²) >= 11 is 0. The van der Waals surface area contributed by atoms with Crippen LogP contribution in [0.2, 0.25) is 0 Å². The van der Waals surface area contributed by atoms with E-state index in [1.807, 2.05) is 0 Å². The summed E-state index contributed by atoms with van der Waals surface area (Å²) in [6, 6.07) is 3.25. The standard InChI is InChI=1S/C15H22N4O5S/c1-23-13-2-3-16-14(12-13)15(20)17-4-6-18(7-5-17)25(21,22)19-8-10-24-11-9-19/h2-3,12H,4-11H2,1H3. The second-order valence-corrected chi connectivity index (χ2v) is 7.72. The summed E-state index contributed by atoms with van der Waals surface area (Å²) in [5, 5.41) is 0. The van der Waals surface area contributed by atoms with Gasteiger partial charge in [0.05, 0.1) is 20.3 Å². The second kappa shape index (κ2) is 7.65. The number of hydrogen-bond donors (Lipinski definition) is 0. The van der Waals surface area contributed by atoms with Crippen molar-refractivity contribution in [1.29, 1.82) is 0 Å². The Kier molecular flexibility index (Phi) is 5.52. The molecule has 138 valence electrons. The number of morpholine rings is 1. The first-order valence-corrected chi connectivity index (χ1v) is 9.54. The Morgan fingerprint density at radius 2 is 1.76 bits per heavy atom. The van der Waals surface area contributed by atoms with E-state index in [-0.39, 0.29) is 19.0 Å². The molecule has 0 aromatic carbocycles. The Balaban J connectivity index is 1.62. The van der Waals surface area contributed by atoms with Gasteiger partial charge in [-0.15, -0.1) is 0 Å². The monoisotopic (exact) mass is 370 g/mol. The van der Waals surface area contributed by atoms with Crippen LogP contribution in [0.1, 0.15) is 10.5 Å². The molecule has 0 N–H and O–H groups in total. The summed E-state index contributed by atoms with van der Waals surface area (Å²) in [7, 11) is -1.97. The normalized spacial score (nSPS) is 20.4.